The summed E-state index contributed by atoms with van der Waals surface area (Å²) in [6.07, 6.45) is 8.68. The number of aliphatic imine (C=N–C) groups is 1. The average molecular weight is 479 g/mol. The molecular formula is C26H31FN6O2. The zero-order valence-corrected chi connectivity index (χ0v) is 19.7. The number of ether oxygens (including phenoxy) is 1. The Labute approximate surface area is 203 Å². The zero-order valence-electron chi connectivity index (χ0n) is 19.7. The van der Waals surface area contributed by atoms with Crippen molar-refractivity contribution < 1.29 is 14.2 Å². The number of benzene rings is 1. The molecule has 0 bridgehead atoms. The predicted molar refractivity (Wildman–Crippen MR) is 133 cm³/mol. The number of nitrogens with zero attached hydrogens (tertiary/aromatic N) is 4. The van der Waals surface area contributed by atoms with Crippen LogP contribution in [-0.2, 0) is 10.7 Å². The van der Waals surface area contributed by atoms with Crippen molar-refractivity contribution in [1.82, 2.24) is 25.1 Å². The van der Waals surface area contributed by atoms with Gasteiger partial charge in [-0.15, -0.1) is 0 Å². The first-order valence-electron chi connectivity index (χ1n) is 12.4. The van der Waals surface area contributed by atoms with Crippen molar-refractivity contribution in [3.05, 3.63) is 48.3 Å². The first kappa shape index (κ1) is 22.6. The van der Waals surface area contributed by atoms with Crippen LogP contribution in [-0.4, -0.2) is 76.3 Å². The third kappa shape index (κ3) is 4.12. The highest BCUT2D eigenvalue weighted by Gasteiger charge is 2.46. The highest BCUT2D eigenvalue weighted by molar-refractivity contribution is 5.94. The molecule has 4 heterocycles. The fourth-order valence-electron chi connectivity index (χ4n) is 5.77. The fraction of sp³-hybridized carbons (Fsp3) is 0.462. The quantitative estimate of drug-likeness (QED) is 0.487. The number of rotatable bonds is 5. The summed E-state index contributed by atoms with van der Waals surface area (Å²) in [5.74, 6) is -1.59. The molecule has 2 aliphatic heterocycles. The minimum Gasteiger partial charge on any atom is -0.379 e. The smallest absolute Gasteiger partial charge is 0.271 e. The van der Waals surface area contributed by atoms with Crippen LogP contribution in [0.15, 0.2) is 47.7 Å². The molecule has 1 aliphatic carbocycles. The van der Waals surface area contributed by atoms with E-state index in [1.807, 2.05) is 30.3 Å². The summed E-state index contributed by atoms with van der Waals surface area (Å²) in [4.78, 5) is 15.5. The molecule has 0 spiro atoms. The van der Waals surface area contributed by atoms with E-state index in [-0.39, 0.29) is 6.04 Å². The number of aromatic nitrogens is 2. The predicted octanol–water partition coefficient (Wildman–Crippen LogP) is 3.47. The fourth-order valence-corrected chi connectivity index (χ4v) is 5.77. The van der Waals surface area contributed by atoms with Gasteiger partial charge < -0.3 is 14.8 Å². The van der Waals surface area contributed by atoms with Gasteiger partial charge in [-0.05, 0) is 61.1 Å². The summed E-state index contributed by atoms with van der Waals surface area (Å²) >= 11 is 0. The molecule has 6 rings (SSSR count). The number of hydrogen-bond donors (Lipinski definition) is 3. The minimum atomic E-state index is -2.07. The molecule has 1 saturated carbocycles. The third-order valence-corrected chi connectivity index (χ3v) is 7.65. The molecule has 3 aliphatic rings. The van der Waals surface area contributed by atoms with Crippen molar-refractivity contribution in [2.75, 3.05) is 33.0 Å². The van der Waals surface area contributed by atoms with E-state index < -0.39 is 12.6 Å². The number of aliphatic hydroxyl groups excluding tert-OH is 1. The first-order valence-corrected chi connectivity index (χ1v) is 12.4. The average Bonchev–Trinajstić information content (AvgIpc) is 3.29. The largest absolute Gasteiger partial charge is 0.379 e. The number of nitrogens with one attached hydrogen (secondary N) is 2. The van der Waals surface area contributed by atoms with E-state index >= 15 is 4.39 Å². The van der Waals surface area contributed by atoms with E-state index in [2.05, 4.69) is 25.2 Å². The van der Waals surface area contributed by atoms with E-state index in [4.69, 9.17) is 4.74 Å². The molecule has 35 heavy (non-hydrogen) atoms. The highest BCUT2D eigenvalue weighted by Crippen LogP contribution is 2.44. The van der Waals surface area contributed by atoms with Crippen LogP contribution in [0.3, 0.4) is 0 Å². The summed E-state index contributed by atoms with van der Waals surface area (Å²) in [5.41, 5.74) is 3.22. The lowest BCUT2D eigenvalue weighted by molar-refractivity contribution is -0.0733. The van der Waals surface area contributed by atoms with Gasteiger partial charge >= 0.3 is 0 Å². The number of morpholine rings is 1. The second-order valence-corrected chi connectivity index (χ2v) is 9.62. The Hall–Kier alpha value is -2.85. The van der Waals surface area contributed by atoms with Crippen molar-refractivity contribution >= 4 is 23.1 Å². The minimum absolute atomic E-state index is 0.000907. The van der Waals surface area contributed by atoms with Crippen molar-refractivity contribution in [1.29, 1.82) is 0 Å². The maximum absolute atomic E-state index is 17.1. The maximum atomic E-state index is 17.1. The molecule has 0 amide bonds. The van der Waals surface area contributed by atoms with Crippen LogP contribution in [0.2, 0.25) is 0 Å². The normalized spacial score (nSPS) is 27.3. The van der Waals surface area contributed by atoms with E-state index in [1.165, 1.54) is 11.2 Å². The number of aromatic amines is 1. The number of halogens is 1. The van der Waals surface area contributed by atoms with Gasteiger partial charge in [0.2, 0.25) is 0 Å². The standard InChI is InChI=1S/C26H31FN6O2/c27-26(31-20-2-4-21(5-3-20)32-11-13-35-14-12-32)24-22-15-19(18-7-9-28-10-8-18)1-6-23(22)30-25(24)29-16-33(26)17-34/h1,6-10,15-16,20-21,30-31,34H,2-5,11-14,17H2/t20-,21-,26?. The van der Waals surface area contributed by atoms with Gasteiger partial charge in [0.1, 0.15) is 12.5 Å². The number of hydrogen-bond acceptors (Lipinski definition) is 7. The third-order valence-electron chi connectivity index (χ3n) is 7.65. The van der Waals surface area contributed by atoms with Gasteiger partial charge in [-0.3, -0.25) is 20.1 Å². The van der Waals surface area contributed by atoms with E-state index in [9.17, 15) is 5.11 Å². The molecule has 2 fully saturated rings. The van der Waals surface area contributed by atoms with Crippen LogP contribution in [0.25, 0.3) is 22.0 Å². The van der Waals surface area contributed by atoms with Crippen molar-refractivity contribution in [3.63, 3.8) is 0 Å². The summed E-state index contributed by atoms with van der Waals surface area (Å²) < 4.78 is 22.6. The van der Waals surface area contributed by atoms with Crippen LogP contribution in [0.1, 0.15) is 31.2 Å². The van der Waals surface area contributed by atoms with Gasteiger partial charge in [0.05, 0.1) is 25.1 Å². The van der Waals surface area contributed by atoms with Gasteiger partial charge in [0, 0.05) is 48.5 Å². The van der Waals surface area contributed by atoms with Crippen LogP contribution >= 0.6 is 0 Å². The number of aliphatic hydroxyl groups is 1. The van der Waals surface area contributed by atoms with E-state index in [0.29, 0.717) is 17.4 Å². The van der Waals surface area contributed by atoms with Gasteiger partial charge in [-0.25, -0.2) is 4.99 Å². The molecule has 1 atom stereocenters. The highest BCUT2D eigenvalue weighted by atomic mass is 19.2. The molecule has 1 saturated heterocycles. The Kier molecular flexibility index (Phi) is 6.01. The summed E-state index contributed by atoms with van der Waals surface area (Å²) in [5, 5.41) is 14.1. The molecular weight excluding hydrogens is 447 g/mol. The van der Waals surface area contributed by atoms with Gasteiger partial charge in [0.25, 0.3) is 5.92 Å². The first-order chi connectivity index (χ1) is 17.2. The summed E-state index contributed by atoms with van der Waals surface area (Å²) in [7, 11) is 0. The van der Waals surface area contributed by atoms with Crippen LogP contribution < -0.4 is 5.32 Å². The molecule has 3 N–H and O–H groups in total. The lowest BCUT2D eigenvalue weighted by atomic mass is 9.89. The second-order valence-electron chi connectivity index (χ2n) is 9.62. The topological polar surface area (TPSA) is 89.0 Å². The molecule has 2 aromatic heterocycles. The Morgan fingerprint density at radius 2 is 1.86 bits per heavy atom. The molecule has 3 aromatic rings. The zero-order chi connectivity index (χ0) is 23.8. The van der Waals surface area contributed by atoms with Crippen molar-refractivity contribution in [2.45, 2.75) is 43.7 Å². The molecule has 0 radical (unpaired) electrons. The number of alkyl halides is 1. The van der Waals surface area contributed by atoms with Crippen LogP contribution in [0.5, 0.6) is 0 Å². The SMILES string of the molecule is OCN1C=Nc2[nH]c3ccc(-c4ccncc4)cc3c2C1(F)N[C@H]1CC[C@H](N2CCOCC2)CC1. The van der Waals surface area contributed by atoms with Crippen LogP contribution in [0, 0.1) is 0 Å². The molecule has 184 valence electrons. The lowest BCUT2D eigenvalue weighted by Gasteiger charge is -2.43. The Morgan fingerprint density at radius 1 is 1.09 bits per heavy atom. The van der Waals surface area contributed by atoms with Crippen LogP contribution in [0.4, 0.5) is 10.2 Å². The molecule has 1 unspecified atom stereocenters. The number of pyridine rings is 1. The van der Waals surface area contributed by atoms with Gasteiger partial charge in [0.15, 0.2) is 0 Å². The van der Waals surface area contributed by atoms with Crippen molar-refractivity contribution in [2.24, 2.45) is 4.99 Å². The van der Waals surface area contributed by atoms with Gasteiger partial charge in [-0.1, -0.05) is 6.07 Å². The van der Waals surface area contributed by atoms with E-state index in [0.717, 1.165) is 74.0 Å². The Bertz CT molecular complexity index is 1200. The Morgan fingerprint density at radius 3 is 2.60 bits per heavy atom. The number of H-pyrrole nitrogens is 1. The Balaban J connectivity index is 1.30. The summed E-state index contributed by atoms with van der Waals surface area (Å²) in [6.45, 7) is 3.06. The monoisotopic (exact) mass is 478 g/mol. The maximum Gasteiger partial charge on any atom is 0.271 e. The lowest BCUT2D eigenvalue weighted by Crippen LogP contribution is -2.58. The molecule has 8 nitrogen and oxygen atoms in total. The molecule has 9 heteroatoms. The second kappa shape index (κ2) is 9.31. The van der Waals surface area contributed by atoms with E-state index in [1.54, 1.807) is 12.4 Å². The molecule has 1 aromatic carbocycles. The number of fused-ring (bicyclic) bond motifs is 3. The van der Waals surface area contributed by atoms with Gasteiger partial charge in [-0.2, -0.15) is 4.39 Å². The van der Waals surface area contributed by atoms with Crippen molar-refractivity contribution in [3.8, 4) is 11.1 Å². The summed E-state index contributed by atoms with van der Waals surface area (Å²) in [6, 6.07) is 10.4.